The molecule has 0 atom stereocenters. The van der Waals surface area contributed by atoms with E-state index in [-0.39, 0.29) is 11.4 Å². The Morgan fingerprint density at radius 2 is 1.81 bits per heavy atom. The molecular formula is C27H27F3N4O2. The number of aryl methyl sites for hydroxylation is 2. The van der Waals surface area contributed by atoms with Crippen LogP contribution in [0.2, 0.25) is 0 Å². The SMILES string of the molecule is COc1cc(Nc2cc(CCCOCc3ccccc3)n(-c3ccnc(C)c3)n2)cc(C(F)(F)F)c1. The lowest BCUT2D eigenvalue weighted by Gasteiger charge is -2.12. The van der Waals surface area contributed by atoms with E-state index < -0.39 is 11.7 Å². The van der Waals surface area contributed by atoms with Crippen molar-refractivity contribution in [3.05, 3.63) is 95.4 Å². The summed E-state index contributed by atoms with van der Waals surface area (Å²) in [6.07, 6.45) is -1.39. The topological polar surface area (TPSA) is 61.2 Å². The molecule has 0 fully saturated rings. The average Bonchev–Trinajstić information content (AvgIpc) is 3.26. The normalized spacial score (nSPS) is 11.5. The summed E-state index contributed by atoms with van der Waals surface area (Å²) in [6, 6.07) is 19.0. The number of hydrogen-bond acceptors (Lipinski definition) is 5. The van der Waals surface area contributed by atoms with Crippen molar-refractivity contribution in [2.75, 3.05) is 19.0 Å². The molecule has 36 heavy (non-hydrogen) atoms. The van der Waals surface area contributed by atoms with Crippen molar-refractivity contribution in [2.45, 2.75) is 32.5 Å². The number of pyridine rings is 1. The average molecular weight is 497 g/mol. The zero-order valence-electron chi connectivity index (χ0n) is 20.0. The van der Waals surface area contributed by atoms with Gasteiger partial charge in [0.2, 0.25) is 0 Å². The van der Waals surface area contributed by atoms with Crippen LogP contribution in [-0.2, 0) is 23.9 Å². The number of benzene rings is 2. The molecule has 1 N–H and O–H groups in total. The predicted molar refractivity (Wildman–Crippen MR) is 132 cm³/mol. The lowest BCUT2D eigenvalue weighted by Crippen LogP contribution is -2.06. The first-order chi connectivity index (χ1) is 17.3. The molecule has 0 radical (unpaired) electrons. The molecule has 0 unspecified atom stereocenters. The fraction of sp³-hybridized carbons (Fsp3) is 0.259. The molecule has 6 nitrogen and oxygen atoms in total. The summed E-state index contributed by atoms with van der Waals surface area (Å²) in [4.78, 5) is 4.24. The molecule has 2 heterocycles. The van der Waals surface area contributed by atoms with Crippen molar-refractivity contribution >= 4 is 11.5 Å². The minimum atomic E-state index is -4.50. The maximum atomic E-state index is 13.3. The Morgan fingerprint density at radius 3 is 2.53 bits per heavy atom. The van der Waals surface area contributed by atoms with Gasteiger partial charge in [-0.05, 0) is 49.6 Å². The van der Waals surface area contributed by atoms with E-state index >= 15 is 0 Å². The Hall–Kier alpha value is -3.85. The number of hydrogen-bond donors (Lipinski definition) is 1. The van der Waals surface area contributed by atoms with Gasteiger partial charge in [0, 0.05) is 42.0 Å². The van der Waals surface area contributed by atoms with Gasteiger partial charge in [-0.2, -0.15) is 13.2 Å². The van der Waals surface area contributed by atoms with E-state index in [0.717, 1.165) is 41.2 Å². The van der Waals surface area contributed by atoms with E-state index in [9.17, 15) is 13.2 Å². The second-order valence-corrected chi connectivity index (χ2v) is 8.30. The third kappa shape index (κ3) is 6.63. The largest absolute Gasteiger partial charge is 0.497 e. The molecule has 0 spiro atoms. The van der Waals surface area contributed by atoms with Crippen molar-refractivity contribution in [3.8, 4) is 11.4 Å². The Labute approximate surface area is 207 Å². The lowest BCUT2D eigenvalue weighted by atomic mass is 10.1. The van der Waals surface area contributed by atoms with Gasteiger partial charge in [-0.15, -0.1) is 5.10 Å². The third-order valence-electron chi connectivity index (χ3n) is 5.48. The molecule has 188 valence electrons. The second-order valence-electron chi connectivity index (χ2n) is 8.30. The van der Waals surface area contributed by atoms with E-state index in [0.29, 0.717) is 25.5 Å². The smallest absolute Gasteiger partial charge is 0.416 e. The quantitative estimate of drug-likeness (QED) is 0.254. The Morgan fingerprint density at radius 1 is 1.00 bits per heavy atom. The first-order valence-corrected chi connectivity index (χ1v) is 11.5. The van der Waals surface area contributed by atoms with E-state index in [1.54, 1.807) is 10.9 Å². The van der Waals surface area contributed by atoms with Crippen molar-refractivity contribution in [3.63, 3.8) is 0 Å². The lowest BCUT2D eigenvalue weighted by molar-refractivity contribution is -0.137. The van der Waals surface area contributed by atoms with E-state index in [2.05, 4.69) is 15.4 Å². The van der Waals surface area contributed by atoms with E-state index in [1.807, 2.05) is 55.5 Å². The zero-order chi connectivity index (χ0) is 25.5. The summed E-state index contributed by atoms with van der Waals surface area (Å²) >= 11 is 0. The number of aromatic nitrogens is 3. The first-order valence-electron chi connectivity index (χ1n) is 11.5. The van der Waals surface area contributed by atoms with Gasteiger partial charge in [-0.25, -0.2) is 4.68 Å². The Kier molecular flexibility index (Phi) is 7.90. The van der Waals surface area contributed by atoms with Gasteiger partial charge < -0.3 is 14.8 Å². The number of methoxy groups -OCH3 is 1. The van der Waals surface area contributed by atoms with Crippen LogP contribution in [0.1, 0.15) is 28.9 Å². The molecule has 4 rings (SSSR count). The number of halogens is 3. The van der Waals surface area contributed by atoms with Gasteiger partial charge in [-0.1, -0.05) is 30.3 Å². The molecular weight excluding hydrogens is 469 g/mol. The second kappa shape index (κ2) is 11.3. The number of nitrogens with one attached hydrogen (secondary N) is 1. The molecule has 0 bridgehead atoms. The predicted octanol–water partition coefficient (Wildman–Crippen LogP) is 6.50. The van der Waals surface area contributed by atoms with Gasteiger partial charge >= 0.3 is 6.18 Å². The number of alkyl halides is 3. The van der Waals surface area contributed by atoms with Crippen LogP contribution in [0.5, 0.6) is 5.75 Å². The molecule has 0 amide bonds. The van der Waals surface area contributed by atoms with E-state index in [1.165, 1.54) is 13.2 Å². The van der Waals surface area contributed by atoms with Crippen LogP contribution >= 0.6 is 0 Å². The summed E-state index contributed by atoms with van der Waals surface area (Å²) < 4.78 is 52.7. The van der Waals surface area contributed by atoms with Crippen LogP contribution in [0.4, 0.5) is 24.7 Å². The highest BCUT2D eigenvalue weighted by molar-refractivity contribution is 5.61. The molecule has 2 aromatic heterocycles. The van der Waals surface area contributed by atoms with Gasteiger partial charge in [-0.3, -0.25) is 4.98 Å². The standard InChI is InChI=1S/C27H27F3N4O2/c1-19-13-24(10-11-31-19)34-23(9-6-12-36-18-20-7-4-3-5-8-20)17-26(33-34)32-22-14-21(27(28,29)30)15-25(16-22)35-2/h3-5,7-8,10-11,13-17H,6,9,12,18H2,1-2H3,(H,32,33). The van der Waals surface area contributed by atoms with Crippen molar-refractivity contribution in [1.29, 1.82) is 0 Å². The molecule has 4 aromatic rings. The van der Waals surface area contributed by atoms with Crippen molar-refractivity contribution in [1.82, 2.24) is 14.8 Å². The Bertz CT molecular complexity index is 1290. The number of nitrogens with zero attached hydrogens (tertiary/aromatic N) is 3. The third-order valence-corrected chi connectivity index (χ3v) is 5.48. The maximum Gasteiger partial charge on any atom is 0.416 e. The summed E-state index contributed by atoms with van der Waals surface area (Å²) in [5.74, 6) is 0.526. The highest BCUT2D eigenvalue weighted by Crippen LogP contribution is 2.35. The van der Waals surface area contributed by atoms with Crippen molar-refractivity contribution < 1.29 is 22.6 Å². The van der Waals surface area contributed by atoms with Crippen molar-refractivity contribution in [2.24, 2.45) is 0 Å². The molecule has 0 saturated carbocycles. The van der Waals surface area contributed by atoms with Crippen LogP contribution in [-0.4, -0.2) is 28.5 Å². The molecule has 9 heteroatoms. The van der Waals surface area contributed by atoms with Gasteiger partial charge in [0.15, 0.2) is 5.82 Å². The summed E-state index contributed by atoms with van der Waals surface area (Å²) in [5.41, 5.74) is 3.08. The maximum absolute atomic E-state index is 13.3. The number of anilines is 2. The monoisotopic (exact) mass is 496 g/mol. The van der Waals surface area contributed by atoms with E-state index in [4.69, 9.17) is 9.47 Å². The molecule has 0 aliphatic heterocycles. The number of rotatable bonds is 10. The highest BCUT2D eigenvalue weighted by atomic mass is 19.4. The minimum Gasteiger partial charge on any atom is -0.497 e. The highest BCUT2D eigenvalue weighted by Gasteiger charge is 2.31. The van der Waals surface area contributed by atoms with Crippen LogP contribution in [0.25, 0.3) is 5.69 Å². The van der Waals surface area contributed by atoms with Crippen LogP contribution in [0.15, 0.2) is 72.9 Å². The fourth-order valence-electron chi connectivity index (χ4n) is 3.77. The van der Waals surface area contributed by atoms with Gasteiger partial charge in [0.05, 0.1) is 25.0 Å². The fourth-order valence-corrected chi connectivity index (χ4v) is 3.77. The minimum absolute atomic E-state index is 0.104. The summed E-state index contributed by atoms with van der Waals surface area (Å²) in [6.45, 7) is 2.98. The van der Waals surface area contributed by atoms with Gasteiger partial charge in [0.1, 0.15) is 5.75 Å². The summed E-state index contributed by atoms with van der Waals surface area (Å²) in [5, 5.41) is 7.63. The molecule has 0 aliphatic carbocycles. The van der Waals surface area contributed by atoms with Crippen LogP contribution in [0, 0.1) is 6.92 Å². The molecule has 0 aliphatic rings. The number of ether oxygens (including phenoxy) is 2. The van der Waals surface area contributed by atoms with Crippen LogP contribution < -0.4 is 10.1 Å². The Balaban J connectivity index is 1.52. The van der Waals surface area contributed by atoms with Gasteiger partial charge in [0.25, 0.3) is 0 Å². The zero-order valence-corrected chi connectivity index (χ0v) is 20.0. The molecule has 0 saturated heterocycles. The first kappa shape index (κ1) is 25.2. The van der Waals surface area contributed by atoms with Crippen LogP contribution in [0.3, 0.4) is 0 Å². The summed E-state index contributed by atoms with van der Waals surface area (Å²) in [7, 11) is 1.33. The molecule has 2 aromatic carbocycles.